The van der Waals surface area contributed by atoms with Crippen molar-refractivity contribution >= 4 is 11.3 Å². The first-order valence-corrected chi connectivity index (χ1v) is 6.30. The fraction of sp³-hybridized carbons (Fsp3) is 0.364. The van der Waals surface area contributed by atoms with Crippen LogP contribution in [-0.2, 0) is 19.5 Å². The van der Waals surface area contributed by atoms with Crippen LogP contribution < -0.4 is 5.32 Å². The Morgan fingerprint density at radius 2 is 2.31 bits per heavy atom. The number of hydrogen-bond acceptors (Lipinski definition) is 5. The minimum Gasteiger partial charge on any atom is -0.307 e. The molecule has 82 valence electrons. The van der Waals surface area contributed by atoms with E-state index in [1.165, 1.54) is 5.56 Å². The first-order chi connectivity index (χ1) is 7.88. The number of nitrogens with zero attached hydrogens (tertiary/aromatic N) is 3. The van der Waals surface area contributed by atoms with Crippen LogP contribution in [0.25, 0.3) is 11.5 Å². The number of fused-ring (bicyclic) bond motifs is 1. The van der Waals surface area contributed by atoms with Crippen molar-refractivity contribution in [3.63, 3.8) is 0 Å². The Morgan fingerprint density at radius 1 is 1.38 bits per heavy atom. The van der Waals surface area contributed by atoms with Crippen molar-refractivity contribution in [2.24, 2.45) is 0 Å². The summed E-state index contributed by atoms with van der Waals surface area (Å²) in [6, 6.07) is 0. The number of aromatic nitrogens is 3. The Hall–Kier alpha value is -1.33. The highest BCUT2D eigenvalue weighted by Crippen LogP contribution is 2.22. The molecule has 1 N–H and O–H groups in total. The molecule has 1 aliphatic heterocycles. The molecule has 0 radical (unpaired) electrons. The maximum absolute atomic E-state index is 4.60. The second-order valence-corrected chi connectivity index (χ2v) is 4.47. The monoisotopic (exact) mass is 232 g/mol. The number of nitrogens with one attached hydrogen (secondary N) is 1. The molecule has 16 heavy (non-hydrogen) atoms. The lowest BCUT2D eigenvalue weighted by Gasteiger charge is -2.06. The molecule has 0 spiro atoms. The predicted molar refractivity (Wildman–Crippen MR) is 63.1 cm³/mol. The Balaban J connectivity index is 2.15. The molecule has 0 aliphatic carbocycles. The van der Waals surface area contributed by atoms with E-state index in [9.17, 15) is 0 Å². The van der Waals surface area contributed by atoms with Gasteiger partial charge >= 0.3 is 0 Å². The zero-order chi connectivity index (χ0) is 11.0. The van der Waals surface area contributed by atoms with Gasteiger partial charge in [-0.15, -0.1) is 11.3 Å². The van der Waals surface area contributed by atoms with Gasteiger partial charge in [0.1, 0.15) is 5.69 Å². The molecule has 0 aromatic carbocycles. The number of rotatable bonds is 2. The van der Waals surface area contributed by atoms with E-state index in [0.29, 0.717) is 0 Å². The molecule has 0 fully saturated rings. The van der Waals surface area contributed by atoms with E-state index in [1.54, 1.807) is 11.3 Å². The lowest BCUT2D eigenvalue weighted by Crippen LogP contribution is -2.02. The summed E-state index contributed by atoms with van der Waals surface area (Å²) >= 11 is 1.57. The molecule has 5 heteroatoms. The van der Waals surface area contributed by atoms with E-state index in [1.807, 2.05) is 10.9 Å². The Labute approximate surface area is 97.8 Å². The van der Waals surface area contributed by atoms with Gasteiger partial charge in [-0.25, -0.2) is 15.0 Å². The van der Waals surface area contributed by atoms with Gasteiger partial charge < -0.3 is 5.32 Å². The lowest BCUT2D eigenvalue weighted by molar-refractivity contribution is 0.755. The van der Waals surface area contributed by atoms with Gasteiger partial charge in [0, 0.05) is 29.7 Å². The van der Waals surface area contributed by atoms with Crippen LogP contribution >= 0.6 is 11.3 Å². The van der Waals surface area contributed by atoms with Crippen molar-refractivity contribution in [3.8, 4) is 11.5 Å². The zero-order valence-electron chi connectivity index (χ0n) is 9.03. The topological polar surface area (TPSA) is 50.7 Å². The summed E-state index contributed by atoms with van der Waals surface area (Å²) in [6.07, 6.45) is 0.948. The highest BCUT2D eigenvalue weighted by atomic mass is 32.1. The molecular weight excluding hydrogens is 220 g/mol. The third-order valence-electron chi connectivity index (χ3n) is 2.77. The quantitative estimate of drug-likeness (QED) is 0.857. The maximum Gasteiger partial charge on any atom is 0.179 e. The van der Waals surface area contributed by atoms with Gasteiger partial charge in [-0.05, 0) is 6.42 Å². The minimum atomic E-state index is 0.764. The molecule has 0 atom stereocenters. The molecule has 3 rings (SSSR count). The molecule has 0 amide bonds. The Bertz CT molecular complexity index is 507. The van der Waals surface area contributed by atoms with E-state index < -0.39 is 0 Å². The van der Waals surface area contributed by atoms with Crippen molar-refractivity contribution in [2.45, 2.75) is 26.4 Å². The van der Waals surface area contributed by atoms with Gasteiger partial charge in [-0.3, -0.25) is 0 Å². The Kier molecular flexibility index (Phi) is 2.41. The third-order valence-corrected chi connectivity index (χ3v) is 3.36. The molecule has 1 aliphatic rings. The summed E-state index contributed by atoms with van der Waals surface area (Å²) in [5, 5.41) is 5.30. The van der Waals surface area contributed by atoms with Crippen molar-refractivity contribution in [3.05, 3.63) is 27.8 Å². The average Bonchev–Trinajstić information content (AvgIpc) is 2.97. The van der Waals surface area contributed by atoms with Crippen LogP contribution in [0.1, 0.15) is 23.9 Å². The normalized spacial score (nSPS) is 14.1. The second kappa shape index (κ2) is 3.92. The van der Waals surface area contributed by atoms with E-state index >= 15 is 0 Å². The molecule has 0 saturated carbocycles. The molecule has 4 nitrogen and oxygen atoms in total. The summed E-state index contributed by atoms with van der Waals surface area (Å²) in [7, 11) is 0. The number of thiazole rings is 1. The van der Waals surface area contributed by atoms with Crippen LogP contribution in [0.2, 0.25) is 0 Å². The second-order valence-electron chi connectivity index (χ2n) is 3.75. The summed E-state index contributed by atoms with van der Waals surface area (Å²) in [4.78, 5) is 13.4. The van der Waals surface area contributed by atoms with Crippen LogP contribution in [0, 0.1) is 0 Å². The first-order valence-electron chi connectivity index (χ1n) is 5.36. The van der Waals surface area contributed by atoms with Gasteiger partial charge in [0.2, 0.25) is 0 Å². The van der Waals surface area contributed by atoms with E-state index in [2.05, 4.69) is 27.2 Å². The standard InChI is InChI=1S/C11H12N4S/c1-2-8-7-3-12-4-9(7)15-11(14-8)10-5-16-6-13-10/h5-6,12H,2-4H2,1H3. The fourth-order valence-corrected chi connectivity index (χ4v) is 2.50. The van der Waals surface area contributed by atoms with E-state index in [0.717, 1.165) is 42.4 Å². The van der Waals surface area contributed by atoms with Gasteiger partial charge in [0.05, 0.1) is 11.2 Å². The highest BCUT2D eigenvalue weighted by Gasteiger charge is 2.18. The molecule has 0 unspecified atom stereocenters. The molecule has 2 aromatic heterocycles. The molecule has 0 bridgehead atoms. The molecule has 3 heterocycles. The fourth-order valence-electron chi connectivity index (χ4n) is 1.97. The third kappa shape index (κ3) is 1.52. The predicted octanol–water partition coefficient (Wildman–Crippen LogP) is 1.77. The van der Waals surface area contributed by atoms with Crippen molar-refractivity contribution in [2.75, 3.05) is 0 Å². The van der Waals surface area contributed by atoms with Crippen LogP contribution in [-0.4, -0.2) is 15.0 Å². The first kappa shape index (κ1) is 9.86. The van der Waals surface area contributed by atoms with Crippen molar-refractivity contribution in [1.82, 2.24) is 20.3 Å². The van der Waals surface area contributed by atoms with Crippen molar-refractivity contribution in [1.29, 1.82) is 0 Å². The van der Waals surface area contributed by atoms with Crippen LogP contribution in [0.3, 0.4) is 0 Å². The van der Waals surface area contributed by atoms with Crippen molar-refractivity contribution < 1.29 is 0 Å². The molecule has 2 aromatic rings. The largest absolute Gasteiger partial charge is 0.307 e. The summed E-state index contributed by atoms with van der Waals surface area (Å²) in [6.45, 7) is 3.88. The van der Waals surface area contributed by atoms with Crippen LogP contribution in [0.15, 0.2) is 10.9 Å². The Morgan fingerprint density at radius 3 is 3.06 bits per heavy atom. The van der Waals surface area contributed by atoms with Gasteiger partial charge in [0.25, 0.3) is 0 Å². The van der Waals surface area contributed by atoms with Gasteiger partial charge in [-0.2, -0.15) is 0 Å². The molecular formula is C11H12N4S. The number of aryl methyl sites for hydroxylation is 1. The van der Waals surface area contributed by atoms with Gasteiger partial charge in [0.15, 0.2) is 5.82 Å². The maximum atomic E-state index is 4.60. The smallest absolute Gasteiger partial charge is 0.179 e. The summed E-state index contributed by atoms with van der Waals surface area (Å²) in [5.41, 5.74) is 6.26. The summed E-state index contributed by atoms with van der Waals surface area (Å²) in [5.74, 6) is 0.764. The van der Waals surface area contributed by atoms with E-state index in [-0.39, 0.29) is 0 Å². The van der Waals surface area contributed by atoms with Gasteiger partial charge in [-0.1, -0.05) is 6.92 Å². The van der Waals surface area contributed by atoms with E-state index in [4.69, 9.17) is 0 Å². The van der Waals surface area contributed by atoms with Crippen LogP contribution in [0.4, 0.5) is 0 Å². The SMILES string of the molecule is CCc1nc(-c2cscn2)nc2c1CNC2. The molecule has 0 saturated heterocycles. The zero-order valence-corrected chi connectivity index (χ0v) is 9.84. The van der Waals surface area contributed by atoms with Crippen LogP contribution in [0.5, 0.6) is 0 Å². The minimum absolute atomic E-state index is 0.764. The number of hydrogen-bond donors (Lipinski definition) is 1. The average molecular weight is 232 g/mol. The lowest BCUT2D eigenvalue weighted by atomic mass is 10.1. The summed E-state index contributed by atoms with van der Waals surface area (Å²) < 4.78 is 0. The highest BCUT2D eigenvalue weighted by molar-refractivity contribution is 7.07.